The van der Waals surface area contributed by atoms with Gasteiger partial charge < -0.3 is 5.73 Å². The number of fused-ring (bicyclic) bond motifs is 1. The van der Waals surface area contributed by atoms with E-state index in [9.17, 15) is 0 Å². The van der Waals surface area contributed by atoms with E-state index >= 15 is 0 Å². The summed E-state index contributed by atoms with van der Waals surface area (Å²) >= 11 is 0. The first-order valence-corrected chi connectivity index (χ1v) is 6.69. The van der Waals surface area contributed by atoms with Crippen LogP contribution in [0.25, 0.3) is 5.65 Å². The zero-order valence-electron chi connectivity index (χ0n) is 11.1. The smallest absolute Gasteiger partial charge is 0.161 e. The number of aryl methyl sites for hydroxylation is 1. The van der Waals surface area contributed by atoms with Gasteiger partial charge in [-0.25, -0.2) is 0 Å². The maximum absolute atomic E-state index is 6.57. The first-order chi connectivity index (χ1) is 8.58. The van der Waals surface area contributed by atoms with Crippen LogP contribution in [0.4, 0.5) is 0 Å². The molecule has 96 valence electrons. The first kappa shape index (κ1) is 11.7. The van der Waals surface area contributed by atoms with Gasteiger partial charge in [-0.3, -0.25) is 4.40 Å². The summed E-state index contributed by atoms with van der Waals surface area (Å²) in [5, 5.41) is 8.60. The third-order valence-corrected chi connectivity index (χ3v) is 4.18. The third kappa shape index (κ3) is 1.81. The van der Waals surface area contributed by atoms with Crippen molar-refractivity contribution in [3.05, 3.63) is 29.7 Å². The summed E-state index contributed by atoms with van der Waals surface area (Å²) < 4.78 is 2.04. The number of hydrogen-bond acceptors (Lipinski definition) is 3. The molecule has 18 heavy (non-hydrogen) atoms. The van der Waals surface area contributed by atoms with Gasteiger partial charge in [0.2, 0.25) is 0 Å². The minimum Gasteiger partial charge on any atom is -0.319 e. The SMILES string of the molecule is Cc1ccn2c(C3(N)CCC(C)CC3)nnc2c1. The normalized spacial score (nSPS) is 28.7. The Kier molecular flexibility index (Phi) is 2.63. The van der Waals surface area contributed by atoms with E-state index in [1.807, 2.05) is 16.7 Å². The van der Waals surface area contributed by atoms with Gasteiger partial charge in [0.05, 0.1) is 5.54 Å². The molecule has 0 aromatic carbocycles. The highest BCUT2D eigenvalue weighted by molar-refractivity contribution is 5.41. The van der Waals surface area contributed by atoms with Gasteiger partial charge in [-0.15, -0.1) is 10.2 Å². The summed E-state index contributed by atoms with van der Waals surface area (Å²) in [4.78, 5) is 0. The zero-order valence-corrected chi connectivity index (χ0v) is 11.1. The van der Waals surface area contributed by atoms with E-state index in [-0.39, 0.29) is 5.54 Å². The van der Waals surface area contributed by atoms with Crippen LogP contribution in [0.1, 0.15) is 44.0 Å². The number of aromatic nitrogens is 3. The molecule has 1 aliphatic rings. The molecule has 4 nitrogen and oxygen atoms in total. The molecule has 1 aliphatic carbocycles. The van der Waals surface area contributed by atoms with Crippen molar-refractivity contribution in [1.82, 2.24) is 14.6 Å². The largest absolute Gasteiger partial charge is 0.319 e. The molecule has 1 saturated carbocycles. The van der Waals surface area contributed by atoms with Crippen LogP contribution in [0.3, 0.4) is 0 Å². The van der Waals surface area contributed by atoms with Gasteiger partial charge in [0.25, 0.3) is 0 Å². The summed E-state index contributed by atoms with van der Waals surface area (Å²) in [7, 11) is 0. The fourth-order valence-corrected chi connectivity index (χ4v) is 2.83. The van der Waals surface area contributed by atoms with Crippen molar-refractivity contribution in [3.8, 4) is 0 Å². The fraction of sp³-hybridized carbons (Fsp3) is 0.571. The Labute approximate surface area is 107 Å². The molecule has 2 N–H and O–H groups in total. The van der Waals surface area contributed by atoms with Crippen LogP contribution in [0.15, 0.2) is 18.3 Å². The first-order valence-electron chi connectivity index (χ1n) is 6.69. The molecule has 0 atom stereocenters. The molecular weight excluding hydrogens is 224 g/mol. The quantitative estimate of drug-likeness (QED) is 0.838. The maximum Gasteiger partial charge on any atom is 0.161 e. The van der Waals surface area contributed by atoms with Crippen LogP contribution in [0, 0.1) is 12.8 Å². The second kappa shape index (κ2) is 4.05. The van der Waals surface area contributed by atoms with Gasteiger partial charge in [-0.1, -0.05) is 6.92 Å². The zero-order chi connectivity index (χ0) is 12.8. The standard InChI is InChI=1S/C14H20N4/c1-10-3-6-14(15,7-4-10)13-17-16-12-9-11(2)5-8-18(12)13/h5,8-10H,3-4,6-7,15H2,1-2H3. The van der Waals surface area contributed by atoms with E-state index < -0.39 is 0 Å². The molecule has 0 saturated heterocycles. The van der Waals surface area contributed by atoms with E-state index in [0.29, 0.717) is 0 Å². The Morgan fingerprint density at radius 3 is 2.78 bits per heavy atom. The van der Waals surface area contributed by atoms with E-state index in [2.05, 4.69) is 30.1 Å². The lowest BCUT2D eigenvalue weighted by Crippen LogP contribution is -2.41. The highest BCUT2D eigenvalue weighted by Gasteiger charge is 2.35. The van der Waals surface area contributed by atoms with Crippen LogP contribution >= 0.6 is 0 Å². The molecule has 0 unspecified atom stereocenters. The number of nitrogens with zero attached hydrogens (tertiary/aromatic N) is 3. The Balaban J connectivity index is 2.04. The lowest BCUT2D eigenvalue weighted by atomic mass is 9.77. The Morgan fingerprint density at radius 2 is 2.06 bits per heavy atom. The van der Waals surface area contributed by atoms with Crippen molar-refractivity contribution in [2.24, 2.45) is 11.7 Å². The van der Waals surface area contributed by atoms with Crippen molar-refractivity contribution < 1.29 is 0 Å². The second-order valence-corrected chi connectivity index (χ2v) is 5.79. The highest BCUT2D eigenvalue weighted by Crippen LogP contribution is 2.36. The van der Waals surface area contributed by atoms with Gasteiger partial charge in [0.1, 0.15) is 0 Å². The third-order valence-electron chi connectivity index (χ3n) is 4.18. The molecule has 0 spiro atoms. The molecule has 0 bridgehead atoms. The van der Waals surface area contributed by atoms with E-state index in [1.54, 1.807) is 0 Å². The Bertz CT molecular complexity index is 564. The van der Waals surface area contributed by atoms with Gasteiger partial charge >= 0.3 is 0 Å². The highest BCUT2D eigenvalue weighted by atomic mass is 15.3. The second-order valence-electron chi connectivity index (χ2n) is 5.79. The summed E-state index contributed by atoms with van der Waals surface area (Å²) in [6.45, 7) is 4.36. The monoisotopic (exact) mass is 244 g/mol. The average Bonchev–Trinajstić information content (AvgIpc) is 2.76. The molecule has 2 heterocycles. The lowest BCUT2D eigenvalue weighted by molar-refractivity contribution is 0.235. The number of hydrogen-bond donors (Lipinski definition) is 1. The predicted octanol–water partition coefficient (Wildman–Crippen LogP) is 2.40. The number of rotatable bonds is 1. The van der Waals surface area contributed by atoms with Crippen molar-refractivity contribution >= 4 is 5.65 Å². The van der Waals surface area contributed by atoms with Crippen molar-refractivity contribution in [2.45, 2.75) is 45.1 Å². The van der Waals surface area contributed by atoms with Crippen molar-refractivity contribution in [2.75, 3.05) is 0 Å². The molecule has 1 fully saturated rings. The van der Waals surface area contributed by atoms with Crippen LogP contribution in [-0.4, -0.2) is 14.6 Å². The summed E-state index contributed by atoms with van der Waals surface area (Å²) in [5.41, 5.74) is 8.36. The van der Waals surface area contributed by atoms with E-state index in [0.717, 1.165) is 30.2 Å². The lowest BCUT2D eigenvalue weighted by Gasteiger charge is -2.34. The Hall–Kier alpha value is -1.42. The number of nitrogens with two attached hydrogens (primary N) is 1. The topological polar surface area (TPSA) is 56.2 Å². The minimum absolute atomic E-state index is 0.304. The molecule has 3 rings (SSSR count). The summed E-state index contributed by atoms with van der Waals surface area (Å²) in [5.74, 6) is 1.70. The molecule has 4 heteroatoms. The summed E-state index contributed by atoms with van der Waals surface area (Å²) in [6.07, 6.45) is 6.40. The van der Waals surface area contributed by atoms with Crippen LogP contribution in [0.2, 0.25) is 0 Å². The molecule has 0 aliphatic heterocycles. The fourth-order valence-electron chi connectivity index (χ4n) is 2.83. The number of pyridine rings is 1. The molecule has 0 radical (unpaired) electrons. The molecule has 0 amide bonds. The maximum atomic E-state index is 6.57. The van der Waals surface area contributed by atoms with Crippen molar-refractivity contribution in [3.63, 3.8) is 0 Å². The van der Waals surface area contributed by atoms with Crippen LogP contribution < -0.4 is 5.73 Å². The molecular formula is C14H20N4. The summed E-state index contributed by atoms with van der Waals surface area (Å²) in [6, 6.07) is 4.12. The van der Waals surface area contributed by atoms with Crippen LogP contribution in [0.5, 0.6) is 0 Å². The van der Waals surface area contributed by atoms with Crippen LogP contribution in [-0.2, 0) is 5.54 Å². The molecule has 2 aromatic rings. The predicted molar refractivity (Wildman–Crippen MR) is 71.2 cm³/mol. The van der Waals surface area contributed by atoms with Crippen molar-refractivity contribution in [1.29, 1.82) is 0 Å². The average molecular weight is 244 g/mol. The van der Waals surface area contributed by atoms with Gasteiger partial charge in [-0.05, 0) is 56.2 Å². The molecule has 2 aromatic heterocycles. The Morgan fingerprint density at radius 1 is 1.33 bits per heavy atom. The van der Waals surface area contributed by atoms with E-state index in [4.69, 9.17) is 5.73 Å². The van der Waals surface area contributed by atoms with E-state index in [1.165, 1.54) is 18.4 Å². The minimum atomic E-state index is -0.304. The van der Waals surface area contributed by atoms with Gasteiger partial charge in [0, 0.05) is 6.20 Å². The van der Waals surface area contributed by atoms with Gasteiger partial charge in [-0.2, -0.15) is 0 Å². The van der Waals surface area contributed by atoms with Gasteiger partial charge in [0.15, 0.2) is 11.5 Å².